The molecule has 0 aromatic heterocycles. The summed E-state index contributed by atoms with van der Waals surface area (Å²) >= 11 is 0. The largest absolute Gasteiger partial charge is 0.480 e. The Morgan fingerprint density at radius 3 is 1.68 bits per heavy atom. The fourth-order valence-corrected chi connectivity index (χ4v) is 2.75. The molecule has 2 saturated heterocycles. The van der Waals surface area contributed by atoms with E-state index in [1.165, 1.54) is 18.7 Å². The molecule has 2 aliphatic heterocycles. The quantitative estimate of drug-likeness (QED) is 0.410. The second kappa shape index (κ2) is 9.88. The molecule has 2 fully saturated rings. The van der Waals surface area contributed by atoms with Crippen LogP contribution in [0.5, 0.6) is 0 Å². The lowest BCUT2D eigenvalue weighted by atomic mass is 9.91. The third-order valence-electron chi connectivity index (χ3n) is 4.70. The summed E-state index contributed by atoms with van der Waals surface area (Å²) in [6.45, 7) is 4.51. The number of hydrogen-bond donors (Lipinski definition) is 4. The second-order valence-electron chi connectivity index (χ2n) is 6.68. The third kappa shape index (κ3) is 6.08. The molecule has 2 aliphatic rings. The maximum absolute atomic E-state index is 10.9. The number of nitrogens with one attached hydrogen (secondary N) is 1. The molecule has 158 valence electrons. The number of carbonyl (C=O) groups is 5. The number of alkyl carbamates (subject to hydrolysis) is 1. The van der Waals surface area contributed by atoms with Crippen molar-refractivity contribution in [2.24, 2.45) is 17.6 Å². The number of amides is 3. The molecular formula is C16H26N4O8. The lowest BCUT2D eigenvalue weighted by Gasteiger charge is -2.41. The molecule has 2 unspecified atom stereocenters. The number of carboxylic acids is 2. The van der Waals surface area contributed by atoms with E-state index in [-0.39, 0.29) is 23.7 Å². The van der Waals surface area contributed by atoms with Crippen LogP contribution in [0.25, 0.3) is 0 Å². The van der Waals surface area contributed by atoms with Crippen LogP contribution in [-0.2, 0) is 23.9 Å². The van der Waals surface area contributed by atoms with Gasteiger partial charge < -0.3 is 35.8 Å². The molecule has 0 bridgehead atoms. The van der Waals surface area contributed by atoms with E-state index in [1.807, 2.05) is 0 Å². The first kappa shape index (κ1) is 23.1. The molecule has 5 N–H and O–H groups in total. The Hall–Kier alpha value is -2.89. The summed E-state index contributed by atoms with van der Waals surface area (Å²) in [5, 5.41) is 19.6. The van der Waals surface area contributed by atoms with E-state index in [4.69, 9.17) is 15.9 Å². The van der Waals surface area contributed by atoms with Crippen molar-refractivity contribution in [3.8, 4) is 0 Å². The zero-order valence-corrected chi connectivity index (χ0v) is 16.0. The number of aliphatic carboxylic acids is 2. The molecule has 12 nitrogen and oxygen atoms in total. The van der Waals surface area contributed by atoms with Crippen molar-refractivity contribution in [2.45, 2.75) is 25.9 Å². The van der Waals surface area contributed by atoms with Gasteiger partial charge in [0.15, 0.2) is 0 Å². The molecule has 0 aliphatic carbocycles. The summed E-state index contributed by atoms with van der Waals surface area (Å²) in [4.78, 5) is 56.9. The van der Waals surface area contributed by atoms with Crippen LogP contribution >= 0.6 is 0 Å². The zero-order valence-electron chi connectivity index (χ0n) is 16.0. The predicted octanol–water partition coefficient (Wildman–Crippen LogP) is -1.85. The average molecular weight is 402 g/mol. The maximum atomic E-state index is 10.9. The van der Waals surface area contributed by atoms with Crippen LogP contribution < -0.4 is 11.1 Å². The first-order chi connectivity index (χ1) is 13.0. The third-order valence-corrected chi connectivity index (χ3v) is 4.70. The number of rotatable bonds is 5. The Morgan fingerprint density at radius 2 is 1.36 bits per heavy atom. The van der Waals surface area contributed by atoms with Crippen LogP contribution in [0.4, 0.5) is 4.79 Å². The van der Waals surface area contributed by atoms with Gasteiger partial charge in [-0.1, -0.05) is 0 Å². The Bertz CT molecular complexity index is 628. The highest BCUT2D eigenvalue weighted by Gasteiger charge is 2.39. The molecule has 0 radical (unpaired) electrons. The topological polar surface area (TPSA) is 180 Å². The summed E-state index contributed by atoms with van der Waals surface area (Å²) in [6.07, 6.45) is -0.784. The summed E-state index contributed by atoms with van der Waals surface area (Å²) in [6, 6.07) is -1.84. The van der Waals surface area contributed by atoms with Gasteiger partial charge in [-0.25, -0.2) is 9.59 Å². The van der Waals surface area contributed by atoms with Crippen LogP contribution in [0, 0.1) is 11.8 Å². The lowest BCUT2D eigenvalue weighted by Crippen LogP contribution is -2.60. The first-order valence-corrected chi connectivity index (χ1v) is 8.54. The minimum atomic E-state index is -1.13. The van der Waals surface area contributed by atoms with Gasteiger partial charge in [0.25, 0.3) is 0 Å². The Morgan fingerprint density at radius 1 is 0.929 bits per heavy atom. The molecule has 2 atom stereocenters. The summed E-state index contributed by atoms with van der Waals surface area (Å²) in [5.41, 5.74) is 5.35. The number of likely N-dealkylation sites (tertiary alicyclic amines) is 2. The number of carbonyl (C=O) groups excluding carboxylic acids is 3. The molecule has 2 heterocycles. The molecule has 3 amide bonds. The lowest BCUT2D eigenvalue weighted by molar-refractivity contribution is -0.147. The van der Waals surface area contributed by atoms with Crippen molar-refractivity contribution in [1.82, 2.24) is 15.1 Å². The van der Waals surface area contributed by atoms with Crippen LogP contribution in [0.2, 0.25) is 0 Å². The highest BCUT2D eigenvalue weighted by atomic mass is 16.5. The van der Waals surface area contributed by atoms with Crippen LogP contribution in [0.1, 0.15) is 13.8 Å². The first-order valence-electron chi connectivity index (χ1n) is 8.54. The van der Waals surface area contributed by atoms with Crippen molar-refractivity contribution >= 4 is 29.8 Å². The highest BCUT2D eigenvalue weighted by molar-refractivity contribution is 5.81. The molecule has 28 heavy (non-hydrogen) atoms. The number of nitrogens with two attached hydrogens (primary N) is 1. The van der Waals surface area contributed by atoms with E-state index < -0.39 is 30.1 Å². The molecule has 0 saturated carbocycles. The van der Waals surface area contributed by atoms with Gasteiger partial charge in [-0.05, 0) is 0 Å². The van der Waals surface area contributed by atoms with Gasteiger partial charge in [0.2, 0.25) is 11.8 Å². The van der Waals surface area contributed by atoms with Crippen molar-refractivity contribution in [3.63, 3.8) is 0 Å². The number of ether oxygens (including phenoxy) is 1. The van der Waals surface area contributed by atoms with Crippen molar-refractivity contribution in [3.05, 3.63) is 0 Å². The summed E-state index contributed by atoms with van der Waals surface area (Å²) < 4.78 is 4.33. The standard InChI is InChI=1S/C9H14N2O5.C7H12N2O3/c1-5(12)11-3-6(4-11)7(8(13)14)10-9(15)16-2;1-4(10)9-2-5(3-9)6(8)7(11)12/h6-7H,3-4H2,1-2H3,(H,10,15)(H,13,14);5-6H,2-3,8H2,1H3,(H,11,12). The van der Waals surface area contributed by atoms with Gasteiger partial charge in [0, 0.05) is 51.9 Å². The Labute approximate surface area is 161 Å². The van der Waals surface area contributed by atoms with Crippen LogP contribution in [-0.4, -0.2) is 95.2 Å². The van der Waals surface area contributed by atoms with E-state index in [2.05, 4.69) is 10.1 Å². The van der Waals surface area contributed by atoms with Gasteiger partial charge >= 0.3 is 18.0 Å². The second-order valence-corrected chi connectivity index (χ2v) is 6.68. The van der Waals surface area contributed by atoms with Crippen molar-refractivity contribution < 1.29 is 38.9 Å². The van der Waals surface area contributed by atoms with Gasteiger partial charge in [-0.2, -0.15) is 0 Å². The Kier molecular flexibility index (Phi) is 8.16. The van der Waals surface area contributed by atoms with Gasteiger partial charge in [-0.15, -0.1) is 0 Å². The molecule has 0 spiro atoms. The summed E-state index contributed by atoms with van der Waals surface area (Å²) in [7, 11) is 1.16. The van der Waals surface area contributed by atoms with E-state index in [9.17, 15) is 24.0 Å². The minimum absolute atomic E-state index is 0.0242. The van der Waals surface area contributed by atoms with Crippen molar-refractivity contribution in [2.75, 3.05) is 33.3 Å². The van der Waals surface area contributed by atoms with Gasteiger partial charge in [-0.3, -0.25) is 14.4 Å². The Balaban J connectivity index is 0.000000292. The molecular weight excluding hydrogens is 376 g/mol. The van der Waals surface area contributed by atoms with Crippen molar-refractivity contribution in [1.29, 1.82) is 0 Å². The fourth-order valence-electron chi connectivity index (χ4n) is 2.75. The normalized spacial score (nSPS) is 18.4. The average Bonchev–Trinajstić information content (AvgIpc) is 2.50. The monoisotopic (exact) mass is 402 g/mol. The SMILES string of the molecule is CC(=O)N1CC(C(N)C(=O)O)C1.COC(=O)NC(C(=O)O)C1CN(C(C)=O)C1. The van der Waals surface area contributed by atoms with E-state index >= 15 is 0 Å². The maximum Gasteiger partial charge on any atom is 0.407 e. The summed E-state index contributed by atoms with van der Waals surface area (Å²) in [5.74, 6) is -2.59. The predicted molar refractivity (Wildman–Crippen MR) is 94.1 cm³/mol. The van der Waals surface area contributed by atoms with Gasteiger partial charge in [0.1, 0.15) is 12.1 Å². The highest BCUT2D eigenvalue weighted by Crippen LogP contribution is 2.20. The van der Waals surface area contributed by atoms with E-state index in [1.54, 1.807) is 4.90 Å². The minimum Gasteiger partial charge on any atom is -0.480 e. The van der Waals surface area contributed by atoms with Gasteiger partial charge in [0.05, 0.1) is 7.11 Å². The number of nitrogens with zero attached hydrogens (tertiary/aromatic N) is 2. The molecule has 2 rings (SSSR count). The van der Waals surface area contributed by atoms with E-state index in [0.29, 0.717) is 26.2 Å². The zero-order chi connectivity index (χ0) is 21.6. The number of carboxylic acid groups (broad SMARTS) is 2. The van der Waals surface area contributed by atoms with Crippen LogP contribution in [0.3, 0.4) is 0 Å². The molecule has 0 aromatic carbocycles. The number of hydrogen-bond acceptors (Lipinski definition) is 7. The fraction of sp³-hybridized carbons (Fsp3) is 0.688. The smallest absolute Gasteiger partial charge is 0.407 e. The van der Waals surface area contributed by atoms with E-state index in [0.717, 1.165) is 7.11 Å². The molecule has 0 aromatic rings. The molecule has 12 heteroatoms. The number of methoxy groups -OCH3 is 1. The van der Waals surface area contributed by atoms with Crippen LogP contribution in [0.15, 0.2) is 0 Å².